The molecule has 1 saturated heterocycles. The summed E-state index contributed by atoms with van der Waals surface area (Å²) in [5, 5.41) is 23.8. The van der Waals surface area contributed by atoms with Crippen LogP contribution in [0.2, 0.25) is 0 Å². The zero-order chi connectivity index (χ0) is 30.9. The Hall–Kier alpha value is -4.51. The van der Waals surface area contributed by atoms with E-state index in [2.05, 4.69) is 66.3 Å². The van der Waals surface area contributed by atoms with E-state index in [1.807, 2.05) is 44.2 Å². The minimum absolute atomic E-state index is 0.0426. The number of hydrogen-bond acceptors (Lipinski definition) is 10. The zero-order valence-electron chi connectivity index (χ0n) is 25.8. The molecule has 0 aliphatic carbocycles. The van der Waals surface area contributed by atoms with Gasteiger partial charge in [0.2, 0.25) is 11.9 Å². The van der Waals surface area contributed by atoms with Crippen molar-refractivity contribution in [3.05, 3.63) is 66.8 Å². The Morgan fingerprint density at radius 3 is 2.33 bits per heavy atom. The number of phenolic OH excluding ortho intramolecular Hbond substituents is 1. The van der Waals surface area contributed by atoms with Gasteiger partial charge in [0.05, 0.1) is 18.4 Å². The van der Waals surface area contributed by atoms with Gasteiger partial charge in [-0.05, 0) is 89.8 Å². The molecule has 2 N–H and O–H groups in total. The Kier molecular flexibility index (Phi) is 8.11. The van der Waals surface area contributed by atoms with Crippen LogP contribution in [0, 0.1) is 13.8 Å². The fourth-order valence-corrected chi connectivity index (χ4v) is 6.01. The normalized spacial score (nSPS) is 16.3. The molecule has 226 valence electrons. The minimum atomic E-state index is -0.354. The first kappa shape index (κ1) is 30.0. The van der Waals surface area contributed by atoms with Crippen LogP contribution in [0.4, 0.5) is 17.6 Å². The molecule has 1 aliphatic heterocycles. The van der Waals surface area contributed by atoms with E-state index in [0.29, 0.717) is 23.9 Å². The molecule has 0 bridgehead atoms. The third-order valence-corrected chi connectivity index (χ3v) is 7.48. The van der Waals surface area contributed by atoms with Crippen LogP contribution >= 0.6 is 0 Å². The SMILES string of the molecule is C=CCOc1nc(Nc2cc(C)cc(-n3nc4ccc(C)cc4n3)c2O)nc(N2C(C)(C)CC(OCC=C)CC2(C)C)n1. The first-order chi connectivity index (χ1) is 20.4. The molecule has 2 aromatic heterocycles. The van der Waals surface area contributed by atoms with Crippen molar-refractivity contribution in [3.63, 3.8) is 0 Å². The molecule has 11 nitrogen and oxygen atoms in total. The summed E-state index contributed by atoms with van der Waals surface area (Å²) < 4.78 is 11.9. The number of fused-ring (bicyclic) bond motifs is 1. The fourth-order valence-electron chi connectivity index (χ4n) is 6.01. The van der Waals surface area contributed by atoms with Gasteiger partial charge in [0, 0.05) is 11.1 Å². The number of phenols is 1. The van der Waals surface area contributed by atoms with Crippen molar-refractivity contribution in [1.82, 2.24) is 29.9 Å². The lowest BCUT2D eigenvalue weighted by Gasteiger charge is -2.55. The van der Waals surface area contributed by atoms with Crippen molar-refractivity contribution in [1.29, 1.82) is 0 Å². The van der Waals surface area contributed by atoms with Crippen LogP contribution in [-0.2, 0) is 4.74 Å². The first-order valence-corrected chi connectivity index (χ1v) is 14.4. The molecule has 0 spiro atoms. The molecule has 1 fully saturated rings. The number of ether oxygens (including phenoxy) is 2. The van der Waals surface area contributed by atoms with Crippen LogP contribution in [0.3, 0.4) is 0 Å². The summed E-state index contributed by atoms with van der Waals surface area (Å²) in [5.74, 6) is 0.636. The third-order valence-electron chi connectivity index (χ3n) is 7.48. The molecule has 5 rings (SSSR count). The average Bonchev–Trinajstić information content (AvgIpc) is 3.34. The van der Waals surface area contributed by atoms with Crippen molar-refractivity contribution in [2.75, 3.05) is 23.4 Å². The summed E-state index contributed by atoms with van der Waals surface area (Å²) in [7, 11) is 0. The standard InChI is InChI=1S/C32H40N8O3/c1-9-13-42-22-18-31(5,6)39(32(7,8)19-22)29-34-28(35-30(36-29)43-14-10-2)33-25-16-21(4)17-26(27(25)41)40-37-23-12-11-20(3)15-24(23)38-40/h9-12,15-17,22,41H,1-2,13-14,18-19H2,3-8H3,(H,33,34,35,36). The Balaban J connectivity index is 1.53. The predicted octanol–water partition coefficient (Wildman–Crippen LogP) is 5.96. The van der Waals surface area contributed by atoms with Gasteiger partial charge in [-0.25, -0.2) is 0 Å². The maximum absolute atomic E-state index is 11.4. The number of rotatable bonds is 10. The summed E-state index contributed by atoms with van der Waals surface area (Å²) >= 11 is 0. The van der Waals surface area contributed by atoms with E-state index in [-0.39, 0.29) is 41.5 Å². The number of piperidine rings is 1. The molecule has 0 amide bonds. The van der Waals surface area contributed by atoms with Gasteiger partial charge in [-0.3, -0.25) is 0 Å². The highest BCUT2D eigenvalue weighted by Gasteiger charge is 2.47. The van der Waals surface area contributed by atoms with E-state index in [0.717, 1.165) is 35.0 Å². The lowest BCUT2D eigenvalue weighted by molar-refractivity contribution is 0.00612. The van der Waals surface area contributed by atoms with E-state index in [1.165, 1.54) is 4.80 Å². The van der Waals surface area contributed by atoms with Crippen molar-refractivity contribution in [3.8, 4) is 17.4 Å². The highest BCUT2D eigenvalue weighted by atomic mass is 16.5. The van der Waals surface area contributed by atoms with Gasteiger partial charge in [0.15, 0.2) is 5.75 Å². The van der Waals surface area contributed by atoms with Crippen LogP contribution in [0.15, 0.2) is 55.6 Å². The second-order valence-corrected chi connectivity index (χ2v) is 12.2. The quantitative estimate of drug-likeness (QED) is 0.170. The smallest absolute Gasteiger partial charge is 0.323 e. The van der Waals surface area contributed by atoms with Gasteiger partial charge in [-0.2, -0.15) is 15.0 Å². The van der Waals surface area contributed by atoms with Crippen LogP contribution in [-0.4, -0.2) is 65.4 Å². The Labute approximate surface area is 252 Å². The summed E-state index contributed by atoms with van der Waals surface area (Å²) in [6.07, 6.45) is 5.02. The Morgan fingerprint density at radius 2 is 1.63 bits per heavy atom. The van der Waals surface area contributed by atoms with Gasteiger partial charge >= 0.3 is 6.01 Å². The number of nitrogens with one attached hydrogen (secondary N) is 1. The van der Waals surface area contributed by atoms with Gasteiger partial charge in [0.1, 0.15) is 23.3 Å². The molecular weight excluding hydrogens is 544 g/mol. The number of nitrogens with zero attached hydrogens (tertiary/aromatic N) is 7. The number of hydrogen-bond donors (Lipinski definition) is 2. The minimum Gasteiger partial charge on any atom is -0.504 e. The summed E-state index contributed by atoms with van der Waals surface area (Å²) in [4.78, 5) is 17.7. The van der Waals surface area contributed by atoms with E-state index < -0.39 is 0 Å². The summed E-state index contributed by atoms with van der Waals surface area (Å²) in [5.41, 5.74) is 3.55. The Morgan fingerprint density at radius 1 is 0.930 bits per heavy atom. The molecule has 11 heteroatoms. The molecule has 1 aliphatic rings. The lowest BCUT2D eigenvalue weighted by atomic mass is 9.78. The van der Waals surface area contributed by atoms with Crippen molar-refractivity contribution in [2.45, 2.75) is 71.6 Å². The third kappa shape index (κ3) is 6.31. The number of aryl methyl sites for hydroxylation is 2. The lowest BCUT2D eigenvalue weighted by Crippen LogP contribution is -2.63. The van der Waals surface area contributed by atoms with E-state index in [1.54, 1.807) is 12.2 Å². The molecule has 0 radical (unpaired) electrons. The summed E-state index contributed by atoms with van der Waals surface area (Å²) in [6, 6.07) is 9.64. The van der Waals surface area contributed by atoms with E-state index in [4.69, 9.17) is 19.4 Å². The van der Waals surface area contributed by atoms with Crippen LogP contribution in [0.1, 0.15) is 51.7 Å². The molecular formula is C32H40N8O3. The second-order valence-electron chi connectivity index (χ2n) is 12.2. The van der Waals surface area contributed by atoms with Gasteiger partial charge < -0.3 is 24.8 Å². The molecule has 43 heavy (non-hydrogen) atoms. The molecule has 2 aromatic carbocycles. The number of aromatic hydroxyl groups is 1. The van der Waals surface area contributed by atoms with E-state index in [9.17, 15) is 5.11 Å². The van der Waals surface area contributed by atoms with Crippen molar-refractivity contribution >= 4 is 28.6 Å². The number of benzene rings is 2. The maximum Gasteiger partial charge on any atom is 0.323 e. The topological polar surface area (TPSA) is 123 Å². The van der Waals surface area contributed by atoms with E-state index >= 15 is 0 Å². The van der Waals surface area contributed by atoms with Crippen LogP contribution in [0.25, 0.3) is 16.7 Å². The highest BCUT2D eigenvalue weighted by Crippen LogP contribution is 2.42. The zero-order valence-corrected chi connectivity index (χ0v) is 25.8. The first-order valence-electron chi connectivity index (χ1n) is 14.4. The monoisotopic (exact) mass is 584 g/mol. The van der Waals surface area contributed by atoms with Crippen molar-refractivity contribution < 1.29 is 14.6 Å². The van der Waals surface area contributed by atoms with Crippen LogP contribution in [0.5, 0.6) is 11.8 Å². The molecule has 0 saturated carbocycles. The molecule has 3 heterocycles. The van der Waals surface area contributed by atoms with Gasteiger partial charge in [0.25, 0.3) is 0 Å². The van der Waals surface area contributed by atoms with Crippen molar-refractivity contribution in [2.24, 2.45) is 0 Å². The second kappa shape index (κ2) is 11.6. The fraction of sp³-hybridized carbons (Fsp3) is 0.406. The molecule has 4 aromatic rings. The Bertz CT molecular complexity index is 1640. The molecule has 0 unspecified atom stereocenters. The summed E-state index contributed by atoms with van der Waals surface area (Å²) in [6.45, 7) is 20.8. The highest BCUT2D eigenvalue weighted by molar-refractivity contribution is 5.76. The number of anilines is 3. The average molecular weight is 585 g/mol. The predicted molar refractivity (Wildman–Crippen MR) is 169 cm³/mol. The van der Waals surface area contributed by atoms with Gasteiger partial charge in [-0.1, -0.05) is 24.8 Å². The van der Waals surface area contributed by atoms with Crippen LogP contribution < -0.4 is 15.0 Å². The molecule has 0 atom stereocenters. The largest absolute Gasteiger partial charge is 0.504 e. The number of aromatic nitrogens is 6. The van der Waals surface area contributed by atoms with Gasteiger partial charge in [-0.15, -0.1) is 21.6 Å². The maximum atomic E-state index is 11.4.